The summed E-state index contributed by atoms with van der Waals surface area (Å²) in [5, 5.41) is 2.94. The minimum atomic E-state index is -0.254. The Morgan fingerprint density at radius 2 is 1.78 bits per heavy atom. The van der Waals surface area contributed by atoms with Crippen molar-refractivity contribution in [3.63, 3.8) is 0 Å². The van der Waals surface area contributed by atoms with E-state index >= 15 is 0 Å². The molecular formula is C22H24N2O2S. The average molecular weight is 381 g/mol. The highest BCUT2D eigenvalue weighted by Crippen LogP contribution is 2.32. The molecule has 1 aliphatic heterocycles. The molecular weight excluding hydrogens is 356 g/mol. The van der Waals surface area contributed by atoms with Gasteiger partial charge in [-0.25, -0.2) is 0 Å². The fraction of sp³-hybridized carbons (Fsp3) is 0.273. The molecule has 2 aromatic rings. The number of rotatable bonds is 5. The molecule has 0 aromatic heterocycles. The van der Waals surface area contributed by atoms with Crippen molar-refractivity contribution >= 4 is 34.7 Å². The summed E-state index contributed by atoms with van der Waals surface area (Å²) in [4.78, 5) is 26.6. The highest BCUT2D eigenvalue weighted by Gasteiger charge is 2.34. The summed E-state index contributed by atoms with van der Waals surface area (Å²) in [6, 6.07) is 14.1. The van der Waals surface area contributed by atoms with Crippen molar-refractivity contribution in [1.29, 1.82) is 0 Å². The summed E-state index contributed by atoms with van der Waals surface area (Å²) < 4.78 is 0. The Labute approximate surface area is 164 Å². The molecule has 0 bridgehead atoms. The van der Waals surface area contributed by atoms with Gasteiger partial charge in [0.1, 0.15) is 0 Å². The van der Waals surface area contributed by atoms with Crippen LogP contribution >= 0.6 is 11.8 Å². The molecule has 2 amide bonds. The van der Waals surface area contributed by atoms with E-state index in [1.165, 1.54) is 16.0 Å². The summed E-state index contributed by atoms with van der Waals surface area (Å²) in [5.41, 5.74) is 5.36. The molecule has 0 radical (unpaired) electrons. The maximum atomic E-state index is 12.6. The number of nitrogens with zero attached hydrogens (tertiary/aromatic N) is 1. The SMILES string of the molecule is Cc1ccc(NCN2C(=O)S/C(=C\c3ccc(C(C)C)cc3)C2=O)c(C)c1. The van der Waals surface area contributed by atoms with Crippen molar-refractivity contribution in [3.8, 4) is 0 Å². The molecule has 1 fully saturated rings. The van der Waals surface area contributed by atoms with Crippen LogP contribution in [0.25, 0.3) is 6.08 Å². The second-order valence-electron chi connectivity index (χ2n) is 7.08. The molecule has 4 nitrogen and oxygen atoms in total. The maximum Gasteiger partial charge on any atom is 0.295 e. The number of nitrogens with one attached hydrogen (secondary N) is 1. The number of imide groups is 1. The quantitative estimate of drug-likeness (QED) is 0.693. The number of amides is 2. The number of thioether (sulfide) groups is 1. The van der Waals surface area contributed by atoms with Crippen molar-refractivity contribution in [3.05, 3.63) is 69.6 Å². The van der Waals surface area contributed by atoms with E-state index in [0.29, 0.717) is 10.8 Å². The van der Waals surface area contributed by atoms with E-state index in [4.69, 9.17) is 0 Å². The Bertz CT molecular complexity index is 901. The monoisotopic (exact) mass is 380 g/mol. The fourth-order valence-corrected chi connectivity index (χ4v) is 3.78. The third-order valence-electron chi connectivity index (χ3n) is 4.58. The van der Waals surface area contributed by atoms with Gasteiger partial charge in [0.05, 0.1) is 11.6 Å². The van der Waals surface area contributed by atoms with E-state index in [1.54, 1.807) is 6.08 Å². The van der Waals surface area contributed by atoms with Crippen LogP contribution in [0.15, 0.2) is 47.4 Å². The Morgan fingerprint density at radius 3 is 2.41 bits per heavy atom. The van der Waals surface area contributed by atoms with Gasteiger partial charge in [-0.05, 0) is 60.4 Å². The zero-order valence-electron chi connectivity index (χ0n) is 16.1. The third-order valence-corrected chi connectivity index (χ3v) is 5.49. The van der Waals surface area contributed by atoms with Gasteiger partial charge in [0.25, 0.3) is 11.1 Å². The van der Waals surface area contributed by atoms with Gasteiger partial charge in [0, 0.05) is 5.69 Å². The van der Waals surface area contributed by atoms with Gasteiger partial charge >= 0.3 is 0 Å². The predicted molar refractivity (Wildman–Crippen MR) is 113 cm³/mol. The largest absolute Gasteiger partial charge is 0.367 e. The lowest BCUT2D eigenvalue weighted by Gasteiger charge is -2.16. The summed E-state index contributed by atoms with van der Waals surface area (Å²) in [7, 11) is 0. The molecule has 2 aromatic carbocycles. The van der Waals surface area contributed by atoms with E-state index < -0.39 is 0 Å². The van der Waals surface area contributed by atoms with Crippen LogP contribution in [0.2, 0.25) is 0 Å². The van der Waals surface area contributed by atoms with Crippen LogP contribution in [0.3, 0.4) is 0 Å². The summed E-state index contributed by atoms with van der Waals surface area (Å²) in [6.07, 6.45) is 1.78. The molecule has 140 valence electrons. The van der Waals surface area contributed by atoms with Crippen LogP contribution in [-0.2, 0) is 4.79 Å². The van der Waals surface area contributed by atoms with Gasteiger partial charge in [-0.15, -0.1) is 0 Å². The second kappa shape index (κ2) is 8.01. The van der Waals surface area contributed by atoms with Gasteiger partial charge < -0.3 is 5.32 Å². The van der Waals surface area contributed by atoms with Crippen LogP contribution in [-0.4, -0.2) is 22.7 Å². The fourth-order valence-electron chi connectivity index (χ4n) is 2.94. The molecule has 1 aliphatic rings. The molecule has 1 heterocycles. The Hall–Kier alpha value is -2.53. The highest BCUT2D eigenvalue weighted by molar-refractivity contribution is 8.18. The third kappa shape index (κ3) is 4.42. The van der Waals surface area contributed by atoms with Crippen molar-refractivity contribution < 1.29 is 9.59 Å². The zero-order valence-corrected chi connectivity index (χ0v) is 16.9. The number of carbonyl (C=O) groups is 2. The van der Waals surface area contributed by atoms with Crippen molar-refractivity contribution in [2.45, 2.75) is 33.6 Å². The van der Waals surface area contributed by atoms with E-state index in [-0.39, 0.29) is 17.8 Å². The van der Waals surface area contributed by atoms with Gasteiger partial charge in [-0.3, -0.25) is 14.5 Å². The number of benzene rings is 2. The standard InChI is InChI=1S/C22H24N2O2S/c1-14(2)18-8-6-17(7-9-18)12-20-21(25)24(22(26)27-20)13-23-19-10-5-15(3)11-16(19)4/h5-12,14,23H,13H2,1-4H3/b20-12-. The molecule has 0 unspecified atom stereocenters. The van der Waals surface area contributed by atoms with E-state index in [9.17, 15) is 9.59 Å². The molecule has 0 saturated carbocycles. The lowest BCUT2D eigenvalue weighted by molar-refractivity contribution is -0.122. The molecule has 0 aliphatic carbocycles. The molecule has 27 heavy (non-hydrogen) atoms. The molecule has 5 heteroatoms. The van der Waals surface area contributed by atoms with Crippen molar-refractivity contribution in [2.75, 3.05) is 12.0 Å². The first-order valence-corrected chi connectivity index (χ1v) is 9.83. The topological polar surface area (TPSA) is 49.4 Å². The lowest BCUT2D eigenvalue weighted by Crippen LogP contribution is -2.33. The summed E-state index contributed by atoms with van der Waals surface area (Å²) in [5.74, 6) is 0.206. The second-order valence-corrected chi connectivity index (χ2v) is 8.08. The smallest absolute Gasteiger partial charge is 0.295 e. The van der Waals surface area contributed by atoms with Crippen LogP contribution in [0, 0.1) is 13.8 Å². The first-order chi connectivity index (χ1) is 12.8. The first kappa shape index (κ1) is 19.2. The molecule has 3 rings (SSSR count). The number of aryl methyl sites for hydroxylation is 2. The Morgan fingerprint density at radius 1 is 1.07 bits per heavy atom. The van der Waals surface area contributed by atoms with Crippen molar-refractivity contribution in [1.82, 2.24) is 4.90 Å². The van der Waals surface area contributed by atoms with E-state index in [2.05, 4.69) is 37.4 Å². The van der Waals surface area contributed by atoms with Crippen LogP contribution < -0.4 is 5.32 Å². The molecule has 0 spiro atoms. The van der Waals surface area contributed by atoms with E-state index in [0.717, 1.165) is 28.6 Å². The number of hydrogen-bond donors (Lipinski definition) is 1. The van der Waals surface area contributed by atoms with Gasteiger partial charge in [-0.2, -0.15) is 0 Å². The average Bonchev–Trinajstić information content (AvgIpc) is 2.88. The first-order valence-electron chi connectivity index (χ1n) is 9.01. The highest BCUT2D eigenvalue weighted by atomic mass is 32.2. The minimum Gasteiger partial charge on any atom is -0.367 e. The molecule has 1 saturated heterocycles. The van der Waals surface area contributed by atoms with Gasteiger partial charge in [0.15, 0.2) is 0 Å². The van der Waals surface area contributed by atoms with Crippen LogP contribution in [0.1, 0.15) is 42.0 Å². The molecule has 1 N–H and O–H groups in total. The van der Waals surface area contributed by atoms with Gasteiger partial charge in [-0.1, -0.05) is 55.8 Å². The zero-order chi connectivity index (χ0) is 19.6. The number of hydrogen-bond acceptors (Lipinski definition) is 4. The number of anilines is 1. The Kier molecular flexibility index (Phi) is 5.71. The van der Waals surface area contributed by atoms with Crippen LogP contribution in [0.4, 0.5) is 10.5 Å². The normalized spacial score (nSPS) is 15.9. The predicted octanol–water partition coefficient (Wildman–Crippen LogP) is 5.53. The van der Waals surface area contributed by atoms with Crippen molar-refractivity contribution in [2.24, 2.45) is 0 Å². The lowest BCUT2D eigenvalue weighted by atomic mass is 10.0. The molecule has 0 atom stereocenters. The van der Waals surface area contributed by atoms with Gasteiger partial charge in [0.2, 0.25) is 0 Å². The van der Waals surface area contributed by atoms with Crippen LogP contribution in [0.5, 0.6) is 0 Å². The summed E-state index contributed by atoms with van der Waals surface area (Å²) in [6.45, 7) is 8.49. The maximum absolute atomic E-state index is 12.6. The number of carbonyl (C=O) groups excluding carboxylic acids is 2. The minimum absolute atomic E-state index is 0.165. The van der Waals surface area contributed by atoms with E-state index in [1.807, 2.05) is 38.1 Å². The Balaban J connectivity index is 1.70. The summed E-state index contributed by atoms with van der Waals surface area (Å²) >= 11 is 0.987.